The van der Waals surface area contributed by atoms with E-state index in [2.05, 4.69) is 13.8 Å². The molecule has 1 aliphatic heterocycles. The standard InChI is InChI=1S/C10H18O/c1-8(2)9-6-10(7-9)4-3-5-11-10/h8-9H,3-7H2,1-2H3. The Labute approximate surface area is 69.1 Å². The van der Waals surface area contributed by atoms with Crippen molar-refractivity contribution in [2.75, 3.05) is 6.61 Å². The molecule has 2 fully saturated rings. The summed E-state index contributed by atoms with van der Waals surface area (Å²) in [6.45, 7) is 5.67. The molecule has 0 atom stereocenters. The average Bonchev–Trinajstić information content (AvgIpc) is 2.29. The highest BCUT2D eigenvalue weighted by molar-refractivity contribution is 4.98. The van der Waals surface area contributed by atoms with E-state index < -0.39 is 0 Å². The van der Waals surface area contributed by atoms with Gasteiger partial charge in [-0.25, -0.2) is 0 Å². The molecule has 11 heavy (non-hydrogen) atoms. The van der Waals surface area contributed by atoms with Gasteiger partial charge in [0.1, 0.15) is 0 Å². The van der Waals surface area contributed by atoms with Crippen molar-refractivity contribution in [3.63, 3.8) is 0 Å². The van der Waals surface area contributed by atoms with Crippen LogP contribution < -0.4 is 0 Å². The van der Waals surface area contributed by atoms with Gasteiger partial charge in [-0.05, 0) is 37.5 Å². The molecule has 0 radical (unpaired) electrons. The van der Waals surface area contributed by atoms with Crippen LogP contribution in [-0.4, -0.2) is 12.2 Å². The molecule has 1 heterocycles. The highest BCUT2D eigenvalue weighted by atomic mass is 16.5. The molecule has 0 aromatic rings. The lowest BCUT2D eigenvalue weighted by molar-refractivity contribution is -0.102. The van der Waals surface area contributed by atoms with Crippen LogP contribution in [0.2, 0.25) is 0 Å². The van der Waals surface area contributed by atoms with E-state index in [0.717, 1.165) is 18.4 Å². The third-order valence-corrected chi connectivity index (χ3v) is 3.40. The summed E-state index contributed by atoms with van der Waals surface area (Å²) in [7, 11) is 0. The maximum atomic E-state index is 5.76. The maximum absolute atomic E-state index is 5.76. The van der Waals surface area contributed by atoms with Crippen molar-refractivity contribution in [1.82, 2.24) is 0 Å². The van der Waals surface area contributed by atoms with Crippen molar-refractivity contribution in [2.45, 2.75) is 45.1 Å². The Kier molecular flexibility index (Phi) is 1.71. The molecule has 0 amide bonds. The highest BCUT2D eigenvalue weighted by Gasteiger charge is 2.47. The minimum atomic E-state index is 0.370. The summed E-state index contributed by atoms with van der Waals surface area (Å²) in [5.74, 6) is 1.82. The minimum Gasteiger partial charge on any atom is -0.375 e. The second kappa shape index (κ2) is 2.48. The summed E-state index contributed by atoms with van der Waals surface area (Å²) in [5.41, 5.74) is 0.370. The first kappa shape index (κ1) is 7.60. The smallest absolute Gasteiger partial charge is 0.0688 e. The van der Waals surface area contributed by atoms with Crippen LogP contribution in [0.5, 0.6) is 0 Å². The molecule has 1 nitrogen and oxygen atoms in total. The normalized spacial score (nSPS) is 43.4. The maximum Gasteiger partial charge on any atom is 0.0688 e. The third kappa shape index (κ3) is 1.20. The molecule has 2 aliphatic rings. The van der Waals surface area contributed by atoms with E-state index in [4.69, 9.17) is 4.74 Å². The predicted octanol–water partition coefficient (Wildman–Crippen LogP) is 2.60. The Morgan fingerprint density at radius 2 is 2.09 bits per heavy atom. The predicted molar refractivity (Wildman–Crippen MR) is 45.5 cm³/mol. The Bertz CT molecular complexity index is 137. The third-order valence-electron chi connectivity index (χ3n) is 3.40. The van der Waals surface area contributed by atoms with Gasteiger partial charge in [0.25, 0.3) is 0 Å². The van der Waals surface area contributed by atoms with Crippen LogP contribution in [0, 0.1) is 11.8 Å². The van der Waals surface area contributed by atoms with Gasteiger partial charge in [-0.2, -0.15) is 0 Å². The Morgan fingerprint density at radius 3 is 2.55 bits per heavy atom. The van der Waals surface area contributed by atoms with E-state index in [-0.39, 0.29) is 0 Å². The van der Waals surface area contributed by atoms with Gasteiger partial charge in [0, 0.05) is 6.61 Å². The van der Waals surface area contributed by atoms with Gasteiger partial charge >= 0.3 is 0 Å². The molecule has 0 bridgehead atoms. The Hall–Kier alpha value is -0.0400. The lowest BCUT2D eigenvalue weighted by Crippen LogP contribution is -2.45. The van der Waals surface area contributed by atoms with Crippen molar-refractivity contribution in [3.8, 4) is 0 Å². The molecular formula is C10H18O. The zero-order valence-electron chi connectivity index (χ0n) is 7.60. The summed E-state index contributed by atoms with van der Waals surface area (Å²) in [4.78, 5) is 0. The van der Waals surface area contributed by atoms with Crippen LogP contribution in [0.15, 0.2) is 0 Å². The SMILES string of the molecule is CC(C)C1CC2(CCCO2)C1. The first-order chi connectivity index (χ1) is 5.22. The molecule has 0 unspecified atom stereocenters. The zero-order valence-corrected chi connectivity index (χ0v) is 7.60. The van der Waals surface area contributed by atoms with Crippen LogP contribution in [0.3, 0.4) is 0 Å². The quantitative estimate of drug-likeness (QED) is 0.564. The van der Waals surface area contributed by atoms with Gasteiger partial charge in [0.2, 0.25) is 0 Å². The molecule has 2 rings (SSSR count). The lowest BCUT2D eigenvalue weighted by Gasteiger charge is -2.46. The summed E-state index contributed by atoms with van der Waals surface area (Å²) in [5, 5.41) is 0. The van der Waals surface area contributed by atoms with Crippen LogP contribution >= 0.6 is 0 Å². The Morgan fingerprint density at radius 1 is 1.36 bits per heavy atom. The topological polar surface area (TPSA) is 9.23 Å². The molecule has 1 spiro atoms. The fourth-order valence-corrected chi connectivity index (χ4v) is 2.44. The first-order valence-corrected chi connectivity index (χ1v) is 4.86. The van der Waals surface area contributed by atoms with E-state index in [0.29, 0.717) is 5.60 Å². The second-order valence-corrected chi connectivity index (χ2v) is 4.55. The van der Waals surface area contributed by atoms with Gasteiger partial charge in [-0.3, -0.25) is 0 Å². The fraction of sp³-hybridized carbons (Fsp3) is 1.00. The molecular weight excluding hydrogens is 136 g/mol. The minimum absolute atomic E-state index is 0.370. The molecule has 0 N–H and O–H groups in total. The highest BCUT2D eigenvalue weighted by Crippen LogP contribution is 2.49. The van der Waals surface area contributed by atoms with Gasteiger partial charge in [0.05, 0.1) is 5.60 Å². The molecule has 0 aromatic carbocycles. The molecule has 1 heteroatoms. The van der Waals surface area contributed by atoms with E-state index >= 15 is 0 Å². The summed E-state index contributed by atoms with van der Waals surface area (Å²) >= 11 is 0. The number of hydrogen-bond acceptors (Lipinski definition) is 1. The Balaban J connectivity index is 1.86. The summed E-state index contributed by atoms with van der Waals surface area (Å²) in [6.07, 6.45) is 5.30. The number of hydrogen-bond donors (Lipinski definition) is 0. The van der Waals surface area contributed by atoms with Crippen molar-refractivity contribution in [3.05, 3.63) is 0 Å². The van der Waals surface area contributed by atoms with Crippen LogP contribution in [0.1, 0.15) is 39.5 Å². The van der Waals surface area contributed by atoms with E-state index in [1.54, 1.807) is 0 Å². The van der Waals surface area contributed by atoms with Crippen LogP contribution in [0.25, 0.3) is 0 Å². The molecule has 0 aromatic heterocycles. The van der Waals surface area contributed by atoms with Gasteiger partial charge in [0.15, 0.2) is 0 Å². The largest absolute Gasteiger partial charge is 0.375 e. The van der Waals surface area contributed by atoms with Crippen molar-refractivity contribution in [2.24, 2.45) is 11.8 Å². The number of rotatable bonds is 1. The molecule has 64 valence electrons. The first-order valence-electron chi connectivity index (χ1n) is 4.86. The van der Waals surface area contributed by atoms with Crippen LogP contribution in [-0.2, 0) is 4.74 Å². The second-order valence-electron chi connectivity index (χ2n) is 4.55. The van der Waals surface area contributed by atoms with Gasteiger partial charge in [-0.1, -0.05) is 13.8 Å². The van der Waals surface area contributed by atoms with E-state index in [1.165, 1.54) is 25.7 Å². The van der Waals surface area contributed by atoms with Crippen LogP contribution in [0.4, 0.5) is 0 Å². The lowest BCUT2D eigenvalue weighted by atomic mass is 9.65. The average molecular weight is 154 g/mol. The monoisotopic (exact) mass is 154 g/mol. The van der Waals surface area contributed by atoms with Gasteiger partial charge in [-0.15, -0.1) is 0 Å². The van der Waals surface area contributed by atoms with Crippen molar-refractivity contribution < 1.29 is 4.74 Å². The van der Waals surface area contributed by atoms with E-state index in [9.17, 15) is 0 Å². The van der Waals surface area contributed by atoms with Gasteiger partial charge < -0.3 is 4.74 Å². The molecule has 1 aliphatic carbocycles. The zero-order chi connectivity index (χ0) is 7.90. The molecule has 1 saturated carbocycles. The van der Waals surface area contributed by atoms with Crippen molar-refractivity contribution >= 4 is 0 Å². The summed E-state index contributed by atoms with van der Waals surface area (Å²) < 4.78 is 5.76. The molecule has 1 saturated heterocycles. The van der Waals surface area contributed by atoms with E-state index in [1.807, 2.05) is 0 Å². The fourth-order valence-electron chi connectivity index (χ4n) is 2.44. The summed E-state index contributed by atoms with van der Waals surface area (Å²) in [6, 6.07) is 0. The number of ether oxygens (including phenoxy) is 1. The van der Waals surface area contributed by atoms with Crippen molar-refractivity contribution in [1.29, 1.82) is 0 Å².